The van der Waals surface area contributed by atoms with Crippen molar-refractivity contribution in [2.45, 2.75) is 26.0 Å². The van der Waals surface area contributed by atoms with E-state index in [0.717, 1.165) is 0 Å². The normalized spacial score (nSPS) is 16.8. The lowest BCUT2D eigenvalue weighted by molar-refractivity contribution is -0.132. The molecule has 1 aliphatic heterocycles. The molecule has 0 spiro atoms. The quantitative estimate of drug-likeness (QED) is 0.211. The molecule has 1 heterocycles. The Kier molecular flexibility index (Phi) is 7.66. The molecular formula is C28H25Cl2NO6. The molecule has 192 valence electrons. The van der Waals surface area contributed by atoms with Crippen molar-refractivity contribution in [3.05, 3.63) is 87.4 Å². The SMILES string of the molecule is COc1cccc(N2C(=O)C(=O)/C(=C(/O)c3cc(Cl)cc(Cl)c3OC)C2c2ccc(OC(C)C)cc2)c1. The van der Waals surface area contributed by atoms with Crippen LogP contribution >= 0.6 is 23.2 Å². The lowest BCUT2D eigenvalue weighted by atomic mass is 9.94. The number of hydrogen-bond donors (Lipinski definition) is 1. The van der Waals surface area contributed by atoms with E-state index in [1.165, 1.54) is 31.3 Å². The Morgan fingerprint density at radius 3 is 2.27 bits per heavy atom. The number of hydrogen-bond acceptors (Lipinski definition) is 6. The van der Waals surface area contributed by atoms with Crippen molar-refractivity contribution in [3.63, 3.8) is 0 Å². The van der Waals surface area contributed by atoms with Gasteiger partial charge in [0.05, 0.1) is 42.5 Å². The van der Waals surface area contributed by atoms with Gasteiger partial charge in [-0.05, 0) is 55.8 Å². The van der Waals surface area contributed by atoms with Gasteiger partial charge in [0.15, 0.2) is 0 Å². The summed E-state index contributed by atoms with van der Waals surface area (Å²) in [5, 5.41) is 11.8. The van der Waals surface area contributed by atoms with E-state index >= 15 is 0 Å². The van der Waals surface area contributed by atoms with E-state index in [2.05, 4.69) is 0 Å². The van der Waals surface area contributed by atoms with Crippen molar-refractivity contribution >= 4 is 46.3 Å². The van der Waals surface area contributed by atoms with Crippen LogP contribution in [0.2, 0.25) is 10.0 Å². The highest BCUT2D eigenvalue weighted by Crippen LogP contribution is 2.45. The summed E-state index contributed by atoms with van der Waals surface area (Å²) in [6, 6.07) is 15.7. The first-order chi connectivity index (χ1) is 17.7. The molecule has 0 aromatic heterocycles. The van der Waals surface area contributed by atoms with Gasteiger partial charge in [0.1, 0.15) is 23.0 Å². The molecule has 0 radical (unpaired) electrons. The van der Waals surface area contributed by atoms with Crippen molar-refractivity contribution in [1.82, 2.24) is 0 Å². The molecule has 9 heteroatoms. The highest BCUT2D eigenvalue weighted by atomic mass is 35.5. The third kappa shape index (κ3) is 5.10. The maximum atomic E-state index is 13.5. The molecule has 1 amide bonds. The van der Waals surface area contributed by atoms with Crippen molar-refractivity contribution in [1.29, 1.82) is 0 Å². The summed E-state index contributed by atoms with van der Waals surface area (Å²) in [6.45, 7) is 3.82. The molecule has 0 saturated carbocycles. The maximum Gasteiger partial charge on any atom is 0.300 e. The number of nitrogens with zero attached hydrogens (tertiary/aromatic N) is 1. The smallest absolute Gasteiger partial charge is 0.300 e. The van der Waals surface area contributed by atoms with Gasteiger partial charge in [-0.2, -0.15) is 0 Å². The monoisotopic (exact) mass is 541 g/mol. The zero-order valence-corrected chi connectivity index (χ0v) is 22.1. The number of Topliss-reactive ketones (excluding diaryl/α,β-unsaturated/α-hetero) is 1. The van der Waals surface area contributed by atoms with Crippen LogP contribution in [-0.2, 0) is 9.59 Å². The van der Waals surface area contributed by atoms with E-state index in [1.807, 2.05) is 13.8 Å². The highest BCUT2D eigenvalue weighted by molar-refractivity contribution is 6.52. The predicted octanol–water partition coefficient (Wildman–Crippen LogP) is 6.42. The Balaban J connectivity index is 1.96. The largest absolute Gasteiger partial charge is 0.507 e. The van der Waals surface area contributed by atoms with Crippen LogP contribution in [0.25, 0.3) is 5.76 Å². The molecule has 0 aliphatic carbocycles. The summed E-state index contributed by atoms with van der Waals surface area (Å²) in [7, 11) is 2.89. The second-order valence-corrected chi connectivity index (χ2v) is 9.42. The lowest BCUT2D eigenvalue weighted by Crippen LogP contribution is -2.29. The first kappa shape index (κ1) is 26.4. The van der Waals surface area contributed by atoms with E-state index in [9.17, 15) is 14.7 Å². The lowest BCUT2D eigenvalue weighted by Gasteiger charge is -2.26. The van der Waals surface area contributed by atoms with Gasteiger partial charge in [-0.3, -0.25) is 14.5 Å². The molecule has 1 unspecified atom stereocenters. The van der Waals surface area contributed by atoms with Crippen LogP contribution in [0.3, 0.4) is 0 Å². The number of ketones is 1. The van der Waals surface area contributed by atoms with Crippen molar-refractivity contribution in [3.8, 4) is 17.2 Å². The number of anilines is 1. The number of methoxy groups -OCH3 is 2. The predicted molar refractivity (Wildman–Crippen MR) is 143 cm³/mol. The summed E-state index contributed by atoms with van der Waals surface area (Å²) in [6.07, 6.45) is -0.0340. The van der Waals surface area contributed by atoms with E-state index in [-0.39, 0.29) is 33.0 Å². The van der Waals surface area contributed by atoms with Crippen LogP contribution < -0.4 is 19.1 Å². The van der Waals surface area contributed by atoms with Crippen LogP contribution in [0.4, 0.5) is 5.69 Å². The van der Waals surface area contributed by atoms with Crippen molar-refractivity contribution in [2.75, 3.05) is 19.1 Å². The Bertz CT molecular complexity index is 1380. The number of amides is 1. The van der Waals surface area contributed by atoms with Gasteiger partial charge in [-0.1, -0.05) is 41.4 Å². The molecule has 3 aromatic rings. The van der Waals surface area contributed by atoms with Gasteiger partial charge >= 0.3 is 0 Å². The van der Waals surface area contributed by atoms with Gasteiger partial charge in [0.2, 0.25) is 0 Å². The van der Waals surface area contributed by atoms with Gasteiger partial charge in [0.25, 0.3) is 11.7 Å². The third-order valence-corrected chi connectivity index (χ3v) is 6.31. The van der Waals surface area contributed by atoms with Crippen LogP contribution in [-0.4, -0.2) is 37.1 Å². The number of carbonyl (C=O) groups excluding carboxylic acids is 2. The highest BCUT2D eigenvalue weighted by Gasteiger charge is 2.47. The molecular weight excluding hydrogens is 517 g/mol. The van der Waals surface area contributed by atoms with E-state index in [1.54, 1.807) is 48.5 Å². The molecule has 1 atom stereocenters. The number of carbonyl (C=O) groups is 2. The van der Waals surface area contributed by atoms with Gasteiger partial charge in [-0.15, -0.1) is 0 Å². The van der Waals surface area contributed by atoms with Crippen LogP contribution in [0.5, 0.6) is 17.2 Å². The second kappa shape index (κ2) is 10.7. The van der Waals surface area contributed by atoms with E-state index < -0.39 is 23.5 Å². The molecule has 1 aliphatic rings. The Hall–Kier alpha value is -3.68. The summed E-state index contributed by atoms with van der Waals surface area (Å²) in [5.74, 6) is -0.893. The zero-order valence-electron chi connectivity index (χ0n) is 20.6. The Morgan fingerprint density at radius 2 is 1.65 bits per heavy atom. The Morgan fingerprint density at radius 1 is 0.946 bits per heavy atom. The molecule has 1 saturated heterocycles. The average molecular weight is 542 g/mol. The summed E-state index contributed by atoms with van der Waals surface area (Å²) >= 11 is 12.5. The first-order valence-electron chi connectivity index (χ1n) is 11.4. The van der Waals surface area contributed by atoms with Crippen molar-refractivity contribution < 1.29 is 28.9 Å². The Labute approximate surface area is 224 Å². The number of benzene rings is 3. The van der Waals surface area contributed by atoms with E-state index in [4.69, 9.17) is 37.4 Å². The zero-order chi connectivity index (χ0) is 26.9. The molecule has 7 nitrogen and oxygen atoms in total. The first-order valence-corrected chi connectivity index (χ1v) is 12.2. The van der Waals surface area contributed by atoms with E-state index in [0.29, 0.717) is 22.7 Å². The molecule has 1 N–H and O–H groups in total. The fourth-order valence-corrected chi connectivity index (χ4v) is 4.83. The number of ether oxygens (including phenoxy) is 3. The molecule has 0 bridgehead atoms. The van der Waals surface area contributed by atoms with Crippen LogP contribution in [0.1, 0.15) is 31.0 Å². The molecule has 37 heavy (non-hydrogen) atoms. The average Bonchev–Trinajstić information content (AvgIpc) is 3.13. The minimum atomic E-state index is -0.970. The minimum absolute atomic E-state index is 0.0340. The van der Waals surface area contributed by atoms with Crippen LogP contribution in [0, 0.1) is 0 Å². The number of rotatable bonds is 7. The third-order valence-electron chi connectivity index (χ3n) is 5.81. The van der Waals surface area contributed by atoms with Gasteiger partial charge < -0.3 is 19.3 Å². The number of halogens is 2. The van der Waals surface area contributed by atoms with Crippen molar-refractivity contribution in [2.24, 2.45) is 0 Å². The number of aliphatic hydroxyl groups excluding tert-OH is 1. The number of aliphatic hydroxyl groups is 1. The fraction of sp³-hybridized carbons (Fsp3) is 0.214. The molecule has 1 fully saturated rings. The molecule has 4 rings (SSSR count). The second-order valence-electron chi connectivity index (χ2n) is 8.57. The fourth-order valence-electron chi connectivity index (χ4n) is 4.26. The standard InChI is InChI=1S/C28H25Cl2NO6/c1-15(2)37-19-10-8-16(9-11-19)24-23(25(32)21-12-17(29)13-22(30)27(21)36-4)26(33)28(34)31(24)18-6-5-7-20(14-18)35-3/h5-15,24,32H,1-4H3/b25-23+. The summed E-state index contributed by atoms with van der Waals surface area (Å²) in [4.78, 5) is 28.2. The summed E-state index contributed by atoms with van der Waals surface area (Å²) < 4.78 is 16.5. The maximum absolute atomic E-state index is 13.5. The van der Waals surface area contributed by atoms with Gasteiger partial charge in [-0.25, -0.2) is 0 Å². The topological polar surface area (TPSA) is 85.3 Å². The van der Waals surface area contributed by atoms with Crippen LogP contribution in [0.15, 0.2) is 66.2 Å². The minimum Gasteiger partial charge on any atom is -0.507 e. The summed E-state index contributed by atoms with van der Waals surface area (Å²) in [5.41, 5.74) is 0.950. The molecule has 3 aromatic carbocycles. The van der Waals surface area contributed by atoms with Gasteiger partial charge in [0, 0.05) is 16.8 Å².